The van der Waals surface area contributed by atoms with Crippen LogP contribution >= 0.6 is 0 Å². The van der Waals surface area contributed by atoms with Gasteiger partial charge in [0.2, 0.25) is 0 Å². The lowest BCUT2D eigenvalue weighted by Crippen LogP contribution is -2.50. The number of rotatable bonds is 15. The summed E-state index contributed by atoms with van der Waals surface area (Å²) in [5.74, 6) is 5.70. The minimum absolute atomic E-state index is 0.127. The normalized spacial score (nSPS) is 16.6. The van der Waals surface area contributed by atoms with Gasteiger partial charge in [-0.25, -0.2) is 0 Å². The standard InChI is InChI=1S/C23H46O5Si/c1-11-12-20(8)23(24)21(9)22(27-16-26-14-13-25-10)15-28-29(17(2)3,18(4)5)19(6)7/h17-24H,13-16H2,1-10H3/t20-,21-,22+,23-/m1/s1. The predicted molar refractivity (Wildman–Crippen MR) is 122 cm³/mol. The van der Waals surface area contributed by atoms with Crippen LogP contribution in [0, 0.1) is 23.7 Å². The van der Waals surface area contributed by atoms with Crippen LogP contribution in [0.3, 0.4) is 0 Å². The molecular formula is C23H46O5Si. The Morgan fingerprint density at radius 2 is 1.45 bits per heavy atom. The van der Waals surface area contributed by atoms with Crippen LogP contribution in [0.1, 0.15) is 62.3 Å². The molecule has 0 saturated carbocycles. The molecular weight excluding hydrogens is 384 g/mol. The largest absolute Gasteiger partial charge is 0.413 e. The van der Waals surface area contributed by atoms with Crippen LogP contribution in [0.25, 0.3) is 0 Å². The molecule has 0 aromatic rings. The van der Waals surface area contributed by atoms with Gasteiger partial charge in [0.05, 0.1) is 32.0 Å². The summed E-state index contributed by atoms with van der Waals surface area (Å²) in [6.45, 7) is 21.0. The van der Waals surface area contributed by atoms with E-state index in [1.54, 1.807) is 14.0 Å². The van der Waals surface area contributed by atoms with Crippen molar-refractivity contribution in [1.82, 2.24) is 0 Å². The van der Waals surface area contributed by atoms with Crippen LogP contribution in [0.2, 0.25) is 16.6 Å². The zero-order chi connectivity index (χ0) is 22.6. The lowest BCUT2D eigenvalue weighted by molar-refractivity contribution is -0.137. The van der Waals surface area contributed by atoms with E-state index >= 15 is 0 Å². The number of hydrogen-bond acceptors (Lipinski definition) is 5. The summed E-state index contributed by atoms with van der Waals surface area (Å²) < 4.78 is 23.3. The van der Waals surface area contributed by atoms with Crippen LogP contribution < -0.4 is 0 Å². The number of hydrogen-bond donors (Lipinski definition) is 1. The Hall–Kier alpha value is -0.423. The quantitative estimate of drug-likeness (QED) is 0.174. The third-order valence-corrected chi connectivity index (χ3v) is 12.1. The Bertz CT molecular complexity index is 462. The van der Waals surface area contributed by atoms with Crippen LogP contribution in [-0.4, -0.2) is 59.4 Å². The lowest BCUT2D eigenvalue weighted by Gasteiger charge is -2.43. The third kappa shape index (κ3) is 8.68. The molecule has 5 nitrogen and oxygen atoms in total. The Kier molecular flexibility index (Phi) is 14.3. The first-order valence-electron chi connectivity index (χ1n) is 11.0. The molecule has 0 aliphatic rings. The van der Waals surface area contributed by atoms with Gasteiger partial charge in [-0.3, -0.25) is 0 Å². The summed E-state index contributed by atoms with van der Waals surface area (Å²) >= 11 is 0. The monoisotopic (exact) mass is 430 g/mol. The first-order chi connectivity index (χ1) is 13.6. The SMILES string of the molecule is CC#C[C@@H](C)[C@@H](O)[C@H](C)[C@H](CO[Si](C(C)C)(C(C)C)C(C)C)OCOCCOC. The van der Waals surface area contributed by atoms with E-state index in [9.17, 15) is 5.11 Å². The molecule has 0 aliphatic carbocycles. The van der Waals surface area contributed by atoms with Crippen molar-refractivity contribution in [2.24, 2.45) is 11.8 Å². The second kappa shape index (κ2) is 14.6. The molecule has 0 aromatic carbocycles. The highest BCUT2D eigenvalue weighted by molar-refractivity contribution is 6.77. The van der Waals surface area contributed by atoms with E-state index in [-0.39, 0.29) is 24.7 Å². The second-order valence-electron chi connectivity index (χ2n) is 8.89. The third-order valence-electron chi connectivity index (χ3n) is 6.01. The second-order valence-corrected chi connectivity index (χ2v) is 14.3. The molecule has 4 atom stereocenters. The first kappa shape index (κ1) is 28.6. The molecule has 0 rings (SSSR count). The fourth-order valence-electron chi connectivity index (χ4n) is 4.40. The van der Waals surface area contributed by atoms with Gasteiger partial charge in [0, 0.05) is 18.9 Å². The van der Waals surface area contributed by atoms with Crippen LogP contribution in [-0.2, 0) is 18.6 Å². The predicted octanol–water partition coefficient (Wildman–Crippen LogP) is 4.84. The van der Waals surface area contributed by atoms with Crippen molar-refractivity contribution in [1.29, 1.82) is 0 Å². The summed E-state index contributed by atoms with van der Waals surface area (Å²) in [4.78, 5) is 0. The molecule has 0 bridgehead atoms. The fourth-order valence-corrected chi connectivity index (χ4v) is 9.86. The Morgan fingerprint density at radius 3 is 1.90 bits per heavy atom. The smallest absolute Gasteiger partial charge is 0.200 e. The summed E-state index contributed by atoms with van der Waals surface area (Å²) in [5, 5.41) is 10.8. The van der Waals surface area contributed by atoms with E-state index in [0.29, 0.717) is 36.4 Å². The van der Waals surface area contributed by atoms with Crippen molar-refractivity contribution in [2.45, 2.75) is 91.1 Å². The molecule has 0 saturated heterocycles. The molecule has 0 radical (unpaired) electrons. The highest BCUT2D eigenvalue weighted by Gasteiger charge is 2.46. The van der Waals surface area contributed by atoms with Crippen molar-refractivity contribution in [3.8, 4) is 11.8 Å². The van der Waals surface area contributed by atoms with Crippen LogP contribution in [0.5, 0.6) is 0 Å². The maximum atomic E-state index is 10.8. The van der Waals surface area contributed by atoms with Gasteiger partial charge in [-0.2, -0.15) is 0 Å². The molecule has 0 amide bonds. The van der Waals surface area contributed by atoms with Gasteiger partial charge in [-0.1, -0.05) is 54.4 Å². The van der Waals surface area contributed by atoms with E-state index in [0.717, 1.165) is 0 Å². The van der Waals surface area contributed by atoms with E-state index < -0.39 is 14.4 Å². The van der Waals surface area contributed by atoms with Gasteiger partial charge in [0.1, 0.15) is 6.79 Å². The molecule has 0 fully saturated rings. The lowest BCUT2D eigenvalue weighted by atomic mass is 9.90. The number of aliphatic hydroxyl groups excluding tert-OH is 1. The first-order valence-corrected chi connectivity index (χ1v) is 13.1. The van der Waals surface area contributed by atoms with E-state index in [4.69, 9.17) is 18.6 Å². The summed E-state index contributed by atoms with van der Waals surface area (Å²) in [5.41, 5.74) is 1.48. The Morgan fingerprint density at radius 1 is 0.897 bits per heavy atom. The average Bonchev–Trinajstić information content (AvgIpc) is 2.64. The summed E-state index contributed by atoms with van der Waals surface area (Å²) in [7, 11) is -0.382. The molecule has 0 aliphatic heterocycles. The molecule has 172 valence electrons. The van der Waals surface area contributed by atoms with Gasteiger partial charge >= 0.3 is 0 Å². The molecule has 0 aromatic heterocycles. The Labute approximate surface area is 181 Å². The Balaban J connectivity index is 5.37. The van der Waals surface area contributed by atoms with E-state index in [1.165, 1.54) is 0 Å². The number of methoxy groups -OCH3 is 1. The van der Waals surface area contributed by atoms with Gasteiger partial charge in [0.15, 0.2) is 8.32 Å². The zero-order valence-corrected chi connectivity index (χ0v) is 21.5. The van der Waals surface area contributed by atoms with E-state index in [2.05, 4.69) is 53.4 Å². The van der Waals surface area contributed by atoms with Crippen molar-refractivity contribution < 1.29 is 23.7 Å². The van der Waals surface area contributed by atoms with Gasteiger partial charge in [0.25, 0.3) is 0 Å². The minimum atomic E-state index is -2.02. The van der Waals surface area contributed by atoms with Gasteiger partial charge in [-0.05, 0) is 30.5 Å². The average molecular weight is 431 g/mol. The molecule has 1 N–H and O–H groups in total. The van der Waals surface area contributed by atoms with Crippen molar-refractivity contribution >= 4 is 8.32 Å². The molecule has 6 heteroatoms. The molecule has 0 heterocycles. The van der Waals surface area contributed by atoms with Crippen LogP contribution in [0.4, 0.5) is 0 Å². The van der Waals surface area contributed by atoms with Gasteiger partial charge in [-0.15, -0.1) is 5.92 Å². The molecule has 0 spiro atoms. The van der Waals surface area contributed by atoms with Crippen molar-refractivity contribution in [3.63, 3.8) is 0 Å². The van der Waals surface area contributed by atoms with Crippen molar-refractivity contribution in [3.05, 3.63) is 0 Å². The fraction of sp³-hybridized carbons (Fsp3) is 0.913. The highest BCUT2D eigenvalue weighted by Crippen LogP contribution is 2.42. The van der Waals surface area contributed by atoms with Crippen molar-refractivity contribution in [2.75, 3.05) is 33.7 Å². The summed E-state index contributed by atoms with van der Waals surface area (Å²) in [6, 6.07) is 0. The maximum absolute atomic E-state index is 10.8. The topological polar surface area (TPSA) is 57.2 Å². The zero-order valence-electron chi connectivity index (χ0n) is 20.5. The van der Waals surface area contributed by atoms with Gasteiger partial charge < -0.3 is 23.7 Å². The summed E-state index contributed by atoms with van der Waals surface area (Å²) in [6.07, 6.45) is -0.861. The minimum Gasteiger partial charge on any atom is -0.413 e. The number of ether oxygens (including phenoxy) is 3. The maximum Gasteiger partial charge on any atom is 0.200 e. The number of aliphatic hydroxyl groups is 1. The van der Waals surface area contributed by atoms with Crippen LogP contribution in [0.15, 0.2) is 0 Å². The van der Waals surface area contributed by atoms with E-state index in [1.807, 2.05) is 13.8 Å². The molecule has 0 unspecified atom stereocenters. The molecule has 29 heavy (non-hydrogen) atoms. The highest BCUT2D eigenvalue weighted by atomic mass is 28.4.